The van der Waals surface area contributed by atoms with Crippen molar-refractivity contribution in [1.29, 1.82) is 0 Å². The fourth-order valence-electron chi connectivity index (χ4n) is 3.75. The van der Waals surface area contributed by atoms with E-state index in [0.717, 1.165) is 36.8 Å². The van der Waals surface area contributed by atoms with Gasteiger partial charge in [-0.1, -0.05) is 56.9 Å². The molecule has 0 radical (unpaired) electrons. The zero-order valence-corrected chi connectivity index (χ0v) is 18.0. The van der Waals surface area contributed by atoms with Crippen molar-refractivity contribution < 1.29 is 9.90 Å². The highest BCUT2D eigenvalue weighted by atomic mass is 16.3. The molecule has 2 aromatic carbocycles. The van der Waals surface area contributed by atoms with Crippen molar-refractivity contribution in [2.24, 2.45) is 0 Å². The third-order valence-electron chi connectivity index (χ3n) is 5.50. The molecule has 0 unspecified atom stereocenters. The molecular formula is C25H30N2O3. The molecule has 2 N–H and O–H groups in total. The van der Waals surface area contributed by atoms with E-state index in [4.69, 9.17) is 0 Å². The Labute approximate surface area is 177 Å². The molecule has 0 aliphatic carbocycles. The van der Waals surface area contributed by atoms with Gasteiger partial charge in [0.1, 0.15) is 11.3 Å². The first-order chi connectivity index (χ1) is 14.4. The molecule has 1 amide bonds. The van der Waals surface area contributed by atoms with Crippen molar-refractivity contribution in [2.45, 2.75) is 59.4 Å². The van der Waals surface area contributed by atoms with E-state index < -0.39 is 11.5 Å². The van der Waals surface area contributed by atoms with E-state index in [1.54, 1.807) is 16.7 Å². The number of unbranched alkanes of at least 4 members (excludes halogenated alkanes) is 4. The Kier molecular flexibility index (Phi) is 6.93. The second-order valence-electron chi connectivity index (χ2n) is 7.88. The van der Waals surface area contributed by atoms with Gasteiger partial charge in [-0.05, 0) is 49.6 Å². The lowest BCUT2D eigenvalue weighted by Crippen LogP contribution is -2.30. The molecule has 158 valence electrons. The Morgan fingerprint density at radius 1 is 1.03 bits per heavy atom. The van der Waals surface area contributed by atoms with Crippen LogP contribution in [0.4, 0.5) is 5.69 Å². The van der Waals surface area contributed by atoms with Crippen molar-refractivity contribution >= 4 is 22.5 Å². The Morgan fingerprint density at radius 3 is 2.53 bits per heavy atom. The summed E-state index contributed by atoms with van der Waals surface area (Å²) in [5.41, 5.74) is 2.53. The van der Waals surface area contributed by atoms with Gasteiger partial charge in [-0.15, -0.1) is 0 Å². The molecule has 0 atom stereocenters. The van der Waals surface area contributed by atoms with Crippen LogP contribution in [0.2, 0.25) is 0 Å². The number of para-hydroxylation sites is 1. The summed E-state index contributed by atoms with van der Waals surface area (Å²) in [6.07, 6.45) is 5.34. The van der Waals surface area contributed by atoms with E-state index in [1.807, 2.05) is 44.2 Å². The number of aromatic nitrogens is 1. The number of rotatable bonds is 8. The average Bonchev–Trinajstić information content (AvgIpc) is 2.73. The summed E-state index contributed by atoms with van der Waals surface area (Å²) in [7, 11) is 0. The van der Waals surface area contributed by atoms with Gasteiger partial charge in [-0.3, -0.25) is 9.59 Å². The van der Waals surface area contributed by atoms with Crippen molar-refractivity contribution in [3.05, 3.63) is 69.5 Å². The van der Waals surface area contributed by atoms with Crippen LogP contribution in [-0.4, -0.2) is 15.6 Å². The third-order valence-corrected chi connectivity index (χ3v) is 5.50. The Bertz CT molecular complexity index is 1120. The topological polar surface area (TPSA) is 71.3 Å². The number of benzene rings is 2. The summed E-state index contributed by atoms with van der Waals surface area (Å²) >= 11 is 0. The van der Waals surface area contributed by atoms with E-state index in [-0.39, 0.29) is 11.3 Å². The van der Waals surface area contributed by atoms with Gasteiger partial charge in [0.2, 0.25) is 0 Å². The third kappa shape index (κ3) is 4.56. The summed E-state index contributed by atoms with van der Waals surface area (Å²) < 4.78 is 1.62. The molecule has 0 fully saturated rings. The Hall–Kier alpha value is -3.08. The lowest BCUT2D eigenvalue weighted by atomic mass is 10.1. The molecule has 0 bridgehead atoms. The molecule has 5 heteroatoms. The number of carbonyl (C=O) groups excluding carboxylic acids is 1. The fraction of sp³-hybridized carbons (Fsp3) is 0.360. The lowest BCUT2D eigenvalue weighted by molar-refractivity contribution is 0.102. The van der Waals surface area contributed by atoms with Crippen LogP contribution in [0.5, 0.6) is 5.75 Å². The van der Waals surface area contributed by atoms with Gasteiger partial charge in [-0.25, -0.2) is 0 Å². The van der Waals surface area contributed by atoms with Crippen molar-refractivity contribution in [3.63, 3.8) is 0 Å². The number of aromatic hydroxyl groups is 1. The lowest BCUT2D eigenvalue weighted by Gasteiger charge is -2.16. The molecule has 1 heterocycles. The number of carbonyl (C=O) groups is 1. The largest absolute Gasteiger partial charge is 0.506 e. The monoisotopic (exact) mass is 406 g/mol. The number of hydrogen-bond donors (Lipinski definition) is 2. The van der Waals surface area contributed by atoms with Crippen LogP contribution in [0.25, 0.3) is 10.9 Å². The number of nitrogens with zero attached hydrogens (tertiary/aromatic N) is 1. The Morgan fingerprint density at radius 2 is 1.77 bits per heavy atom. The predicted octanol–water partition coefficient (Wildman–Crippen LogP) is 5.55. The first-order valence-corrected chi connectivity index (χ1v) is 10.7. The molecule has 3 rings (SSSR count). The minimum Gasteiger partial charge on any atom is -0.506 e. The molecular weight excluding hydrogens is 376 g/mol. The van der Waals surface area contributed by atoms with E-state index in [9.17, 15) is 14.7 Å². The van der Waals surface area contributed by atoms with Crippen LogP contribution in [0.15, 0.2) is 47.3 Å². The van der Waals surface area contributed by atoms with Crippen LogP contribution in [0, 0.1) is 13.8 Å². The van der Waals surface area contributed by atoms with Gasteiger partial charge in [0.25, 0.3) is 11.5 Å². The second kappa shape index (κ2) is 9.61. The molecule has 30 heavy (non-hydrogen) atoms. The van der Waals surface area contributed by atoms with Crippen molar-refractivity contribution in [1.82, 2.24) is 4.57 Å². The van der Waals surface area contributed by atoms with Crippen LogP contribution in [-0.2, 0) is 6.54 Å². The van der Waals surface area contributed by atoms with Crippen LogP contribution in [0.3, 0.4) is 0 Å². The summed E-state index contributed by atoms with van der Waals surface area (Å²) in [5.74, 6) is -0.850. The van der Waals surface area contributed by atoms with Gasteiger partial charge in [0.15, 0.2) is 0 Å². The minimum absolute atomic E-state index is 0.205. The molecule has 3 aromatic rings. The van der Waals surface area contributed by atoms with Crippen LogP contribution < -0.4 is 10.9 Å². The first kappa shape index (κ1) is 21.6. The predicted molar refractivity (Wildman–Crippen MR) is 123 cm³/mol. The number of fused-ring (bicyclic) bond motifs is 1. The van der Waals surface area contributed by atoms with Gasteiger partial charge in [-0.2, -0.15) is 0 Å². The normalized spacial score (nSPS) is 11.0. The number of nitrogens with one attached hydrogen (secondary N) is 1. The second-order valence-corrected chi connectivity index (χ2v) is 7.88. The molecule has 0 saturated heterocycles. The summed E-state index contributed by atoms with van der Waals surface area (Å²) in [4.78, 5) is 26.3. The van der Waals surface area contributed by atoms with E-state index in [2.05, 4.69) is 12.2 Å². The zero-order valence-electron chi connectivity index (χ0n) is 18.0. The van der Waals surface area contributed by atoms with Gasteiger partial charge in [0, 0.05) is 17.6 Å². The Balaban J connectivity index is 2.00. The molecule has 0 spiro atoms. The molecule has 0 aliphatic rings. The molecule has 0 aliphatic heterocycles. The number of hydrogen-bond acceptors (Lipinski definition) is 3. The van der Waals surface area contributed by atoms with E-state index in [0.29, 0.717) is 23.1 Å². The maximum atomic E-state index is 13.2. The van der Waals surface area contributed by atoms with Crippen LogP contribution in [0.1, 0.15) is 60.5 Å². The molecule has 1 aromatic heterocycles. The van der Waals surface area contributed by atoms with Crippen LogP contribution >= 0.6 is 0 Å². The highest BCUT2D eigenvalue weighted by Crippen LogP contribution is 2.27. The van der Waals surface area contributed by atoms with Gasteiger partial charge in [0.05, 0.1) is 5.52 Å². The van der Waals surface area contributed by atoms with E-state index >= 15 is 0 Å². The zero-order chi connectivity index (χ0) is 21.7. The average molecular weight is 407 g/mol. The van der Waals surface area contributed by atoms with Gasteiger partial charge < -0.3 is 15.0 Å². The molecule has 0 saturated carbocycles. The van der Waals surface area contributed by atoms with Gasteiger partial charge >= 0.3 is 0 Å². The quantitative estimate of drug-likeness (QED) is 0.482. The van der Waals surface area contributed by atoms with E-state index in [1.165, 1.54) is 6.42 Å². The SMILES string of the molecule is CCCCCCCn1c(=O)c(C(=O)Nc2cc(C)ccc2C)c(O)c2ccccc21. The first-order valence-electron chi connectivity index (χ1n) is 10.7. The smallest absolute Gasteiger partial charge is 0.267 e. The summed E-state index contributed by atoms with van der Waals surface area (Å²) in [5, 5.41) is 14.1. The summed E-state index contributed by atoms with van der Waals surface area (Å²) in [6, 6.07) is 12.9. The number of anilines is 1. The number of pyridine rings is 1. The number of aryl methyl sites for hydroxylation is 3. The van der Waals surface area contributed by atoms with Crippen molar-refractivity contribution in [3.8, 4) is 5.75 Å². The maximum Gasteiger partial charge on any atom is 0.267 e. The maximum absolute atomic E-state index is 13.2. The summed E-state index contributed by atoms with van der Waals surface area (Å²) in [6.45, 7) is 6.52. The van der Waals surface area contributed by atoms with Crippen molar-refractivity contribution in [2.75, 3.05) is 5.32 Å². The fourth-order valence-corrected chi connectivity index (χ4v) is 3.75. The highest BCUT2D eigenvalue weighted by Gasteiger charge is 2.22. The number of amides is 1. The standard InChI is InChI=1S/C25H30N2O3/c1-4-5-6-7-10-15-27-21-12-9-8-11-19(21)23(28)22(25(27)30)24(29)26-20-16-17(2)13-14-18(20)3/h8-9,11-14,16,28H,4-7,10,15H2,1-3H3,(H,26,29). The highest BCUT2D eigenvalue weighted by molar-refractivity contribution is 6.09. The molecule has 5 nitrogen and oxygen atoms in total. The minimum atomic E-state index is -0.586.